The van der Waals surface area contributed by atoms with Crippen molar-refractivity contribution in [3.63, 3.8) is 0 Å². The van der Waals surface area contributed by atoms with Crippen LogP contribution in [0.2, 0.25) is 5.02 Å². The van der Waals surface area contributed by atoms with Crippen LogP contribution in [0.25, 0.3) is 0 Å². The number of hydrogen-bond donors (Lipinski definition) is 4. The molecule has 1 aliphatic heterocycles. The molecule has 2 aromatic rings. The van der Waals surface area contributed by atoms with E-state index in [1.165, 1.54) is 0 Å². The molecule has 1 aromatic heterocycles. The second-order valence-electron chi connectivity index (χ2n) is 6.82. The largest absolute Gasteiger partial charge is 0.421 e. The highest BCUT2D eigenvalue weighted by molar-refractivity contribution is 6.33. The maximum absolute atomic E-state index is 13.3. The molecular formula is C19H21ClF4N6O. The predicted octanol–water partition coefficient (Wildman–Crippen LogP) is 3.43. The molecule has 1 aromatic carbocycles. The number of amides is 1. The Kier molecular flexibility index (Phi) is 7.50. The Hall–Kier alpha value is -2.66. The summed E-state index contributed by atoms with van der Waals surface area (Å²) in [6.07, 6.45) is -3.37. The van der Waals surface area contributed by atoms with E-state index in [9.17, 15) is 22.4 Å². The lowest BCUT2D eigenvalue weighted by atomic mass is 10.0. The van der Waals surface area contributed by atoms with Crippen LogP contribution >= 0.6 is 11.6 Å². The van der Waals surface area contributed by atoms with Crippen molar-refractivity contribution >= 4 is 35.0 Å². The summed E-state index contributed by atoms with van der Waals surface area (Å²) in [4.78, 5) is 19.2. The second kappa shape index (κ2) is 10.1. The lowest BCUT2D eigenvalue weighted by molar-refractivity contribution is -0.137. The lowest BCUT2D eigenvalue weighted by Gasteiger charge is -2.19. The number of anilines is 3. The average molecular weight is 461 g/mol. The molecule has 0 spiro atoms. The molecular weight excluding hydrogens is 440 g/mol. The van der Waals surface area contributed by atoms with Gasteiger partial charge in [0.2, 0.25) is 11.9 Å². The summed E-state index contributed by atoms with van der Waals surface area (Å²) in [6, 6.07) is 3.63. The van der Waals surface area contributed by atoms with E-state index < -0.39 is 30.1 Å². The fraction of sp³-hybridized carbons (Fsp3) is 0.421. The third kappa shape index (κ3) is 6.17. The first-order valence-electron chi connectivity index (χ1n) is 9.57. The summed E-state index contributed by atoms with van der Waals surface area (Å²) in [6.45, 7) is 0.521. The summed E-state index contributed by atoms with van der Waals surface area (Å²) < 4.78 is 52.0. The minimum Gasteiger partial charge on any atom is -0.369 e. The maximum Gasteiger partial charge on any atom is 0.421 e. The number of rotatable bonds is 8. The number of fused-ring (bicyclic) bond motifs is 1. The van der Waals surface area contributed by atoms with Crippen LogP contribution in [0.4, 0.5) is 35.0 Å². The van der Waals surface area contributed by atoms with Crippen LogP contribution in [0.1, 0.15) is 23.1 Å². The van der Waals surface area contributed by atoms with Crippen LogP contribution in [0.3, 0.4) is 0 Å². The first-order valence-corrected chi connectivity index (χ1v) is 9.95. The van der Waals surface area contributed by atoms with E-state index >= 15 is 0 Å². The van der Waals surface area contributed by atoms with Crippen molar-refractivity contribution in [3.05, 3.63) is 40.0 Å². The molecule has 0 saturated carbocycles. The molecule has 0 fully saturated rings. The maximum atomic E-state index is 13.3. The Morgan fingerprint density at radius 3 is 2.77 bits per heavy atom. The average Bonchev–Trinajstić information content (AvgIpc) is 2.72. The highest BCUT2D eigenvalue weighted by atomic mass is 35.5. The van der Waals surface area contributed by atoms with Crippen LogP contribution in [-0.2, 0) is 23.9 Å². The molecule has 1 aliphatic rings. The number of hydrogen-bond acceptors (Lipinski definition) is 6. The van der Waals surface area contributed by atoms with Gasteiger partial charge in [0.25, 0.3) is 0 Å². The zero-order valence-electron chi connectivity index (χ0n) is 16.4. The first-order chi connectivity index (χ1) is 14.8. The number of carbonyl (C=O) groups is 1. The summed E-state index contributed by atoms with van der Waals surface area (Å²) >= 11 is 6.30. The molecule has 2 heterocycles. The molecule has 0 unspecified atom stereocenters. The van der Waals surface area contributed by atoms with E-state index in [-0.39, 0.29) is 25.5 Å². The summed E-state index contributed by atoms with van der Waals surface area (Å²) in [7, 11) is 0. The van der Waals surface area contributed by atoms with Crippen LogP contribution in [0.15, 0.2) is 18.3 Å². The third-order valence-electron chi connectivity index (χ3n) is 4.58. The van der Waals surface area contributed by atoms with Gasteiger partial charge in [0.05, 0.1) is 10.7 Å². The Morgan fingerprint density at radius 1 is 1.23 bits per heavy atom. The lowest BCUT2D eigenvalue weighted by Crippen LogP contribution is -2.27. The zero-order chi connectivity index (χ0) is 22.4. The Morgan fingerprint density at radius 2 is 2.03 bits per heavy atom. The number of nitrogens with one attached hydrogen (secondary N) is 4. The van der Waals surface area contributed by atoms with Crippen LogP contribution in [0, 0.1) is 0 Å². The fourth-order valence-electron chi connectivity index (χ4n) is 3.07. The van der Waals surface area contributed by atoms with Gasteiger partial charge in [-0.05, 0) is 36.2 Å². The van der Waals surface area contributed by atoms with Gasteiger partial charge in [0.1, 0.15) is 18.1 Å². The number of aromatic nitrogens is 2. The van der Waals surface area contributed by atoms with E-state index in [4.69, 9.17) is 11.6 Å². The monoisotopic (exact) mass is 460 g/mol. The van der Waals surface area contributed by atoms with Gasteiger partial charge in [-0.2, -0.15) is 18.2 Å². The smallest absolute Gasteiger partial charge is 0.369 e. The highest BCUT2D eigenvalue weighted by Crippen LogP contribution is 2.35. The van der Waals surface area contributed by atoms with Crippen molar-refractivity contribution < 1.29 is 22.4 Å². The van der Waals surface area contributed by atoms with Crippen molar-refractivity contribution in [2.45, 2.75) is 25.6 Å². The van der Waals surface area contributed by atoms with Gasteiger partial charge in [0.15, 0.2) is 0 Å². The van der Waals surface area contributed by atoms with Crippen molar-refractivity contribution in [1.29, 1.82) is 0 Å². The minimum atomic E-state index is -4.69. The number of halogens is 5. The van der Waals surface area contributed by atoms with E-state index in [0.717, 1.165) is 24.1 Å². The first kappa shape index (κ1) is 23.0. The Labute approximate surface area is 181 Å². The summed E-state index contributed by atoms with van der Waals surface area (Å²) in [5, 5.41) is 11.3. The van der Waals surface area contributed by atoms with Gasteiger partial charge in [-0.1, -0.05) is 11.6 Å². The quantitative estimate of drug-likeness (QED) is 0.451. The summed E-state index contributed by atoms with van der Waals surface area (Å²) in [5.74, 6) is -1.03. The molecule has 7 nitrogen and oxygen atoms in total. The van der Waals surface area contributed by atoms with Gasteiger partial charge in [-0.25, -0.2) is 9.37 Å². The van der Waals surface area contributed by atoms with E-state index in [1.807, 2.05) is 6.07 Å². The molecule has 3 rings (SSSR count). The van der Waals surface area contributed by atoms with Crippen molar-refractivity contribution in [2.24, 2.45) is 0 Å². The number of benzene rings is 1. The standard InChI is InChI=1S/C19H21ClF4N6O/c20-14-7-12-9-25-4-1-11(12)8-15(14)29-18-28-10-13(19(22,23)24)17(30-18)27-5-2-16(31)26-6-3-21/h7-8,10,25H,1-6,9H2,(H,26,31)(H2,27,28,29,30). The molecule has 1 amide bonds. The van der Waals surface area contributed by atoms with E-state index in [2.05, 4.69) is 31.2 Å². The normalized spacial score (nSPS) is 13.5. The minimum absolute atomic E-state index is 0.0758. The topological polar surface area (TPSA) is 91.0 Å². The van der Waals surface area contributed by atoms with Crippen molar-refractivity contribution in [3.8, 4) is 0 Å². The molecule has 0 saturated heterocycles. The molecule has 31 heavy (non-hydrogen) atoms. The number of alkyl halides is 4. The highest BCUT2D eigenvalue weighted by Gasteiger charge is 2.35. The van der Waals surface area contributed by atoms with Gasteiger partial charge in [-0.15, -0.1) is 0 Å². The van der Waals surface area contributed by atoms with Crippen molar-refractivity contribution in [1.82, 2.24) is 20.6 Å². The van der Waals surface area contributed by atoms with Crippen molar-refractivity contribution in [2.75, 3.05) is 36.9 Å². The number of nitrogens with zero attached hydrogens (tertiary/aromatic N) is 2. The van der Waals surface area contributed by atoms with Crippen LogP contribution in [0.5, 0.6) is 0 Å². The van der Waals surface area contributed by atoms with Crippen LogP contribution in [-0.4, -0.2) is 42.2 Å². The van der Waals surface area contributed by atoms with E-state index in [0.29, 0.717) is 23.5 Å². The molecule has 0 radical (unpaired) electrons. The zero-order valence-corrected chi connectivity index (χ0v) is 17.1. The molecule has 4 N–H and O–H groups in total. The van der Waals surface area contributed by atoms with Gasteiger partial charge >= 0.3 is 6.18 Å². The molecule has 168 valence electrons. The second-order valence-corrected chi connectivity index (χ2v) is 7.23. The molecule has 0 bridgehead atoms. The van der Waals surface area contributed by atoms with E-state index in [1.54, 1.807) is 6.07 Å². The van der Waals surface area contributed by atoms with Gasteiger partial charge < -0.3 is 21.3 Å². The van der Waals surface area contributed by atoms with Gasteiger partial charge in [0, 0.05) is 32.3 Å². The SMILES string of the molecule is O=C(CCNc1nc(Nc2cc3c(cc2Cl)CNCC3)ncc1C(F)(F)F)NCCF. The molecule has 0 aliphatic carbocycles. The predicted molar refractivity (Wildman–Crippen MR) is 109 cm³/mol. The van der Waals surface area contributed by atoms with Gasteiger partial charge in [-0.3, -0.25) is 4.79 Å². The third-order valence-corrected chi connectivity index (χ3v) is 4.89. The van der Waals surface area contributed by atoms with Crippen LogP contribution < -0.4 is 21.3 Å². The fourth-order valence-corrected chi connectivity index (χ4v) is 3.31. The molecule has 0 atom stereocenters. The Bertz CT molecular complexity index is 940. The Balaban J connectivity index is 1.77. The number of carbonyl (C=O) groups excluding carboxylic acids is 1. The molecule has 12 heteroatoms. The summed E-state index contributed by atoms with van der Waals surface area (Å²) in [5.41, 5.74) is 1.56.